The van der Waals surface area contributed by atoms with Gasteiger partial charge in [-0.2, -0.15) is 5.26 Å². The quantitative estimate of drug-likeness (QED) is 0.882. The SMILES string of the molecule is CN(C(=O)C1(C)CCCCN1)c1ccccc1C#N. The Kier molecular flexibility index (Phi) is 3.87. The molecule has 4 nitrogen and oxygen atoms in total. The third-order valence-corrected chi connectivity index (χ3v) is 3.78. The van der Waals surface area contributed by atoms with Crippen LogP contribution in [-0.4, -0.2) is 25.0 Å². The summed E-state index contributed by atoms with van der Waals surface area (Å²) in [7, 11) is 1.74. The molecule has 1 fully saturated rings. The van der Waals surface area contributed by atoms with Crippen molar-refractivity contribution in [1.82, 2.24) is 5.32 Å². The van der Waals surface area contributed by atoms with Gasteiger partial charge in [0, 0.05) is 7.05 Å². The van der Waals surface area contributed by atoms with Gasteiger partial charge in [-0.3, -0.25) is 4.79 Å². The molecular weight excluding hydrogens is 238 g/mol. The van der Waals surface area contributed by atoms with E-state index >= 15 is 0 Å². The molecule has 1 N–H and O–H groups in total. The molecule has 1 aliphatic heterocycles. The summed E-state index contributed by atoms with van der Waals surface area (Å²) < 4.78 is 0. The molecule has 0 bridgehead atoms. The number of carbonyl (C=O) groups excluding carboxylic acids is 1. The maximum Gasteiger partial charge on any atom is 0.246 e. The van der Waals surface area contributed by atoms with Crippen LogP contribution in [0.3, 0.4) is 0 Å². The fourth-order valence-electron chi connectivity index (χ4n) is 2.58. The first kappa shape index (κ1) is 13.6. The standard InChI is InChI=1S/C15H19N3O/c1-15(9-5-6-10-17-15)14(19)18(2)13-8-4-3-7-12(13)11-16/h3-4,7-8,17H,5-6,9-10H2,1-2H3. The minimum absolute atomic E-state index is 0.0231. The van der Waals surface area contributed by atoms with E-state index in [-0.39, 0.29) is 5.91 Å². The molecule has 0 saturated carbocycles. The van der Waals surface area contributed by atoms with Crippen LogP contribution in [0.25, 0.3) is 0 Å². The van der Waals surface area contributed by atoms with Crippen LogP contribution in [0.4, 0.5) is 5.69 Å². The van der Waals surface area contributed by atoms with Crippen LogP contribution in [-0.2, 0) is 4.79 Å². The summed E-state index contributed by atoms with van der Waals surface area (Å²) in [5.74, 6) is 0.0231. The van der Waals surface area contributed by atoms with Crippen molar-refractivity contribution in [1.29, 1.82) is 5.26 Å². The summed E-state index contributed by atoms with van der Waals surface area (Å²) in [6.07, 6.45) is 3.01. The second-order valence-electron chi connectivity index (χ2n) is 5.21. The Morgan fingerprint density at radius 3 is 2.79 bits per heavy atom. The number of amides is 1. The summed E-state index contributed by atoms with van der Waals surface area (Å²) >= 11 is 0. The Bertz CT molecular complexity index is 512. The maximum atomic E-state index is 12.6. The van der Waals surface area contributed by atoms with Gasteiger partial charge in [0.2, 0.25) is 5.91 Å². The molecule has 1 aromatic rings. The summed E-state index contributed by atoms with van der Waals surface area (Å²) in [4.78, 5) is 14.2. The Morgan fingerprint density at radius 2 is 2.16 bits per heavy atom. The Balaban J connectivity index is 2.26. The van der Waals surface area contributed by atoms with Crippen LogP contribution in [0.1, 0.15) is 31.7 Å². The van der Waals surface area contributed by atoms with E-state index in [1.807, 2.05) is 19.1 Å². The minimum Gasteiger partial charge on any atom is -0.313 e. The number of rotatable bonds is 2. The van der Waals surface area contributed by atoms with Crippen molar-refractivity contribution in [3.8, 4) is 6.07 Å². The molecule has 0 spiro atoms. The van der Waals surface area contributed by atoms with Gasteiger partial charge < -0.3 is 10.2 Å². The van der Waals surface area contributed by atoms with Gasteiger partial charge >= 0.3 is 0 Å². The number of hydrogen-bond acceptors (Lipinski definition) is 3. The Hall–Kier alpha value is -1.86. The summed E-state index contributed by atoms with van der Waals surface area (Å²) in [5, 5.41) is 12.4. The zero-order valence-electron chi connectivity index (χ0n) is 11.4. The Labute approximate surface area is 114 Å². The van der Waals surface area contributed by atoms with Crippen molar-refractivity contribution in [3.63, 3.8) is 0 Å². The highest BCUT2D eigenvalue weighted by Gasteiger charge is 2.37. The lowest BCUT2D eigenvalue weighted by Crippen LogP contribution is -2.57. The normalized spacial score (nSPS) is 22.6. The number of anilines is 1. The molecule has 19 heavy (non-hydrogen) atoms. The lowest BCUT2D eigenvalue weighted by Gasteiger charge is -2.36. The number of para-hydroxylation sites is 1. The third kappa shape index (κ3) is 2.61. The second kappa shape index (κ2) is 5.41. The number of piperidine rings is 1. The first-order valence-electron chi connectivity index (χ1n) is 6.61. The lowest BCUT2D eigenvalue weighted by atomic mass is 9.89. The molecule has 2 rings (SSSR count). The number of nitriles is 1. The first-order valence-corrected chi connectivity index (χ1v) is 6.61. The fraction of sp³-hybridized carbons (Fsp3) is 0.467. The first-order chi connectivity index (χ1) is 9.08. The van der Waals surface area contributed by atoms with Gasteiger partial charge in [0.1, 0.15) is 6.07 Å². The zero-order valence-corrected chi connectivity index (χ0v) is 11.4. The molecule has 1 atom stereocenters. The maximum absolute atomic E-state index is 12.6. The van der Waals surface area contributed by atoms with E-state index < -0.39 is 5.54 Å². The molecule has 1 amide bonds. The number of nitrogens with zero attached hydrogens (tertiary/aromatic N) is 2. The van der Waals surface area contributed by atoms with Gasteiger partial charge in [-0.25, -0.2) is 0 Å². The van der Waals surface area contributed by atoms with Crippen molar-refractivity contribution in [2.45, 2.75) is 31.7 Å². The fourth-order valence-corrected chi connectivity index (χ4v) is 2.58. The predicted octanol–water partition coefficient (Wildman–Crippen LogP) is 2.05. The van der Waals surface area contributed by atoms with Gasteiger partial charge in [-0.15, -0.1) is 0 Å². The molecular formula is C15H19N3O. The van der Waals surface area contributed by atoms with Crippen molar-refractivity contribution in [3.05, 3.63) is 29.8 Å². The monoisotopic (exact) mass is 257 g/mol. The highest BCUT2D eigenvalue weighted by Crippen LogP contribution is 2.25. The third-order valence-electron chi connectivity index (χ3n) is 3.78. The van der Waals surface area contributed by atoms with E-state index in [0.29, 0.717) is 11.3 Å². The van der Waals surface area contributed by atoms with Crippen LogP contribution >= 0.6 is 0 Å². The molecule has 1 unspecified atom stereocenters. The van der Waals surface area contributed by atoms with Gasteiger partial charge in [0.25, 0.3) is 0 Å². The molecule has 1 aromatic carbocycles. The van der Waals surface area contributed by atoms with E-state index in [0.717, 1.165) is 25.8 Å². The van der Waals surface area contributed by atoms with Crippen molar-refractivity contribution in [2.24, 2.45) is 0 Å². The van der Waals surface area contributed by atoms with Gasteiger partial charge in [-0.1, -0.05) is 12.1 Å². The topological polar surface area (TPSA) is 56.1 Å². The number of nitrogens with one attached hydrogen (secondary N) is 1. The molecule has 1 saturated heterocycles. The van der Waals surface area contributed by atoms with E-state index in [1.165, 1.54) is 0 Å². The van der Waals surface area contributed by atoms with E-state index in [4.69, 9.17) is 5.26 Å². The van der Waals surface area contributed by atoms with E-state index in [9.17, 15) is 4.79 Å². The van der Waals surface area contributed by atoms with Crippen molar-refractivity contribution in [2.75, 3.05) is 18.5 Å². The average Bonchev–Trinajstić information content (AvgIpc) is 2.46. The predicted molar refractivity (Wildman–Crippen MR) is 74.8 cm³/mol. The largest absolute Gasteiger partial charge is 0.313 e. The average molecular weight is 257 g/mol. The molecule has 4 heteroatoms. The Morgan fingerprint density at radius 1 is 1.42 bits per heavy atom. The highest BCUT2D eigenvalue weighted by molar-refractivity contribution is 6.00. The van der Waals surface area contributed by atoms with Crippen LogP contribution in [0.2, 0.25) is 0 Å². The van der Waals surface area contributed by atoms with Crippen molar-refractivity contribution >= 4 is 11.6 Å². The van der Waals surface area contributed by atoms with Crippen LogP contribution in [0, 0.1) is 11.3 Å². The van der Waals surface area contributed by atoms with Crippen LogP contribution in [0.15, 0.2) is 24.3 Å². The summed E-state index contributed by atoms with van der Waals surface area (Å²) in [6.45, 7) is 2.82. The molecule has 1 aliphatic rings. The second-order valence-corrected chi connectivity index (χ2v) is 5.21. The highest BCUT2D eigenvalue weighted by atomic mass is 16.2. The van der Waals surface area contributed by atoms with E-state index in [2.05, 4.69) is 11.4 Å². The van der Waals surface area contributed by atoms with Crippen LogP contribution < -0.4 is 10.2 Å². The van der Waals surface area contributed by atoms with Crippen LogP contribution in [0.5, 0.6) is 0 Å². The van der Waals surface area contributed by atoms with Gasteiger partial charge in [0.05, 0.1) is 16.8 Å². The number of benzene rings is 1. The zero-order chi connectivity index (χ0) is 13.9. The van der Waals surface area contributed by atoms with E-state index in [1.54, 1.807) is 24.1 Å². The minimum atomic E-state index is -0.518. The van der Waals surface area contributed by atoms with Gasteiger partial charge in [-0.05, 0) is 44.9 Å². The molecule has 1 heterocycles. The van der Waals surface area contributed by atoms with Gasteiger partial charge in [0.15, 0.2) is 0 Å². The smallest absolute Gasteiger partial charge is 0.246 e. The molecule has 0 radical (unpaired) electrons. The summed E-state index contributed by atoms with van der Waals surface area (Å²) in [5.41, 5.74) is 0.677. The summed E-state index contributed by atoms with van der Waals surface area (Å²) in [6, 6.07) is 9.32. The molecule has 0 aromatic heterocycles. The number of carbonyl (C=O) groups is 1. The molecule has 0 aliphatic carbocycles. The van der Waals surface area contributed by atoms with Crippen molar-refractivity contribution < 1.29 is 4.79 Å². The molecule has 100 valence electrons. The lowest BCUT2D eigenvalue weighted by molar-refractivity contribution is -0.124. The number of likely N-dealkylation sites (N-methyl/N-ethyl adjacent to an activating group) is 1. The number of hydrogen-bond donors (Lipinski definition) is 1.